The van der Waals surface area contributed by atoms with Gasteiger partial charge in [-0.15, -0.1) is 0 Å². The molecule has 0 aliphatic rings. The molecular formula is C14H11BrF2N2O. The summed E-state index contributed by atoms with van der Waals surface area (Å²) >= 11 is 3.15. The smallest absolute Gasteiger partial charge is 0.165 e. The molecule has 6 heteroatoms. The van der Waals surface area contributed by atoms with Crippen LogP contribution in [0, 0.1) is 17.0 Å². The number of halogens is 3. The maximum absolute atomic E-state index is 13.7. The van der Waals surface area contributed by atoms with Crippen molar-refractivity contribution in [2.45, 2.75) is 6.61 Å². The average molecular weight is 341 g/mol. The molecule has 3 nitrogen and oxygen atoms in total. The van der Waals surface area contributed by atoms with Crippen molar-refractivity contribution < 1.29 is 13.5 Å². The summed E-state index contributed by atoms with van der Waals surface area (Å²) in [6.07, 6.45) is 0. The van der Waals surface area contributed by atoms with Crippen molar-refractivity contribution in [3.05, 3.63) is 63.6 Å². The summed E-state index contributed by atoms with van der Waals surface area (Å²) in [5, 5.41) is 7.20. The first-order valence-electron chi connectivity index (χ1n) is 5.68. The van der Waals surface area contributed by atoms with Gasteiger partial charge in [0, 0.05) is 15.6 Å². The van der Waals surface area contributed by atoms with E-state index in [1.807, 2.05) is 0 Å². The fourth-order valence-corrected chi connectivity index (χ4v) is 1.91. The summed E-state index contributed by atoms with van der Waals surface area (Å²) in [6.45, 7) is -0.0878. The predicted octanol–water partition coefficient (Wildman–Crippen LogP) is 3.59. The SMILES string of the molecule is N=C(N)c1ccc(OCc2ccc(Br)cc2F)c(F)c1. The van der Waals surface area contributed by atoms with Crippen molar-refractivity contribution in [2.24, 2.45) is 5.73 Å². The van der Waals surface area contributed by atoms with Crippen molar-refractivity contribution in [1.82, 2.24) is 0 Å². The van der Waals surface area contributed by atoms with Crippen LogP contribution in [0.25, 0.3) is 0 Å². The normalized spacial score (nSPS) is 10.3. The molecule has 0 aliphatic heterocycles. The van der Waals surface area contributed by atoms with Gasteiger partial charge in [0.1, 0.15) is 18.3 Å². The lowest BCUT2D eigenvalue weighted by Crippen LogP contribution is -2.11. The van der Waals surface area contributed by atoms with Gasteiger partial charge in [0.2, 0.25) is 0 Å². The van der Waals surface area contributed by atoms with Crippen LogP contribution < -0.4 is 10.5 Å². The van der Waals surface area contributed by atoms with Gasteiger partial charge in [-0.1, -0.05) is 22.0 Å². The van der Waals surface area contributed by atoms with Gasteiger partial charge < -0.3 is 10.5 Å². The second kappa shape index (κ2) is 6.00. The van der Waals surface area contributed by atoms with Gasteiger partial charge in [-0.25, -0.2) is 8.78 Å². The molecule has 0 spiro atoms. The molecular weight excluding hydrogens is 330 g/mol. The van der Waals surface area contributed by atoms with Gasteiger partial charge in [-0.05, 0) is 30.3 Å². The van der Waals surface area contributed by atoms with Crippen LogP contribution in [0.4, 0.5) is 8.78 Å². The van der Waals surface area contributed by atoms with Crippen LogP contribution in [0.1, 0.15) is 11.1 Å². The second-order valence-corrected chi connectivity index (χ2v) is 5.00. The molecule has 0 unspecified atom stereocenters. The number of rotatable bonds is 4. The van der Waals surface area contributed by atoms with Crippen LogP contribution in [-0.4, -0.2) is 5.84 Å². The summed E-state index contributed by atoms with van der Waals surface area (Å²) in [7, 11) is 0. The Balaban J connectivity index is 2.13. The first kappa shape index (κ1) is 14.5. The fraction of sp³-hybridized carbons (Fsp3) is 0.0714. The third-order valence-electron chi connectivity index (χ3n) is 2.64. The molecule has 0 aromatic heterocycles. The Morgan fingerprint density at radius 3 is 2.50 bits per heavy atom. The molecule has 2 aromatic rings. The van der Waals surface area contributed by atoms with Crippen molar-refractivity contribution in [2.75, 3.05) is 0 Å². The minimum atomic E-state index is -0.643. The Labute approximate surface area is 123 Å². The van der Waals surface area contributed by atoms with Crippen LogP contribution in [-0.2, 0) is 6.61 Å². The largest absolute Gasteiger partial charge is 0.486 e. The minimum Gasteiger partial charge on any atom is -0.486 e. The zero-order valence-corrected chi connectivity index (χ0v) is 11.9. The number of benzene rings is 2. The van der Waals surface area contributed by atoms with E-state index in [0.29, 0.717) is 10.0 Å². The van der Waals surface area contributed by atoms with E-state index in [1.54, 1.807) is 12.1 Å². The Morgan fingerprint density at radius 2 is 1.90 bits per heavy atom. The molecule has 0 fully saturated rings. The molecule has 2 aromatic carbocycles. The van der Waals surface area contributed by atoms with Gasteiger partial charge in [0.05, 0.1) is 0 Å². The lowest BCUT2D eigenvalue weighted by Gasteiger charge is -2.09. The second-order valence-electron chi connectivity index (χ2n) is 4.08. The van der Waals surface area contributed by atoms with Crippen LogP contribution >= 0.6 is 15.9 Å². The molecule has 0 saturated carbocycles. The molecule has 2 rings (SSSR count). The molecule has 0 atom stereocenters. The van der Waals surface area contributed by atoms with Crippen molar-refractivity contribution in [3.63, 3.8) is 0 Å². The number of amidine groups is 1. The van der Waals surface area contributed by atoms with Gasteiger partial charge in [0.25, 0.3) is 0 Å². The highest BCUT2D eigenvalue weighted by molar-refractivity contribution is 9.10. The number of hydrogen-bond acceptors (Lipinski definition) is 2. The molecule has 0 heterocycles. The van der Waals surface area contributed by atoms with E-state index in [-0.39, 0.29) is 23.8 Å². The van der Waals surface area contributed by atoms with Gasteiger partial charge in [-0.2, -0.15) is 0 Å². The first-order chi connectivity index (χ1) is 9.47. The lowest BCUT2D eigenvalue weighted by atomic mass is 10.2. The Bertz CT molecular complexity index is 662. The maximum Gasteiger partial charge on any atom is 0.165 e. The molecule has 0 saturated heterocycles. The summed E-state index contributed by atoms with van der Waals surface area (Å²) in [4.78, 5) is 0. The number of nitrogen functional groups attached to an aromatic ring is 1. The van der Waals surface area contributed by atoms with E-state index in [4.69, 9.17) is 15.9 Å². The summed E-state index contributed by atoms with van der Waals surface area (Å²) in [5.74, 6) is -1.32. The molecule has 3 N–H and O–H groups in total. The van der Waals surface area contributed by atoms with Crippen molar-refractivity contribution >= 4 is 21.8 Å². The fourth-order valence-electron chi connectivity index (χ4n) is 1.58. The number of ether oxygens (including phenoxy) is 1. The van der Waals surface area contributed by atoms with E-state index in [0.717, 1.165) is 6.07 Å². The van der Waals surface area contributed by atoms with E-state index in [2.05, 4.69) is 15.9 Å². The van der Waals surface area contributed by atoms with Crippen LogP contribution in [0.2, 0.25) is 0 Å². The van der Waals surface area contributed by atoms with E-state index in [1.165, 1.54) is 18.2 Å². The average Bonchev–Trinajstić information content (AvgIpc) is 2.38. The molecule has 0 amide bonds. The molecule has 104 valence electrons. The van der Waals surface area contributed by atoms with Crippen LogP contribution in [0.3, 0.4) is 0 Å². The lowest BCUT2D eigenvalue weighted by molar-refractivity contribution is 0.284. The molecule has 20 heavy (non-hydrogen) atoms. The highest BCUT2D eigenvalue weighted by Crippen LogP contribution is 2.21. The van der Waals surface area contributed by atoms with Gasteiger partial charge in [-0.3, -0.25) is 5.41 Å². The quantitative estimate of drug-likeness (QED) is 0.660. The van der Waals surface area contributed by atoms with Crippen LogP contribution in [0.15, 0.2) is 40.9 Å². The van der Waals surface area contributed by atoms with Crippen LogP contribution in [0.5, 0.6) is 5.75 Å². The highest BCUT2D eigenvalue weighted by atomic mass is 79.9. The van der Waals surface area contributed by atoms with Gasteiger partial charge >= 0.3 is 0 Å². The third-order valence-corrected chi connectivity index (χ3v) is 3.13. The maximum atomic E-state index is 13.7. The number of nitrogens with two attached hydrogens (primary N) is 1. The van der Waals surface area contributed by atoms with Gasteiger partial charge in [0.15, 0.2) is 11.6 Å². The summed E-state index contributed by atoms with van der Waals surface area (Å²) in [6, 6.07) is 8.49. The third kappa shape index (κ3) is 3.33. The highest BCUT2D eigenvalue weighted by Gasteiger charge is 2.08. The number of nitrogens with one attached hydrogen (secondary N) is 1. The summed E-state index contributed by atoms with van der Waals surface area (Å²) in [5.41, 5.74) is 5.84. The number of hydrogen-bond donors (Lipinski definition) is 2. The topological polar surface area (TPSA) is 59.1 Å². The molecule has 0 radical (unpaired) electrons. The van der Waals surface area contributed by atoms with E-state index in [9.17, 15) is 8.78 Å². The molecule has 0 bridgehead atoms. The Morgan fingerprint density at radius 1 is 1.15 bits per heavy atom. The van der Waals surface area contributed by atoms with E-state index < -0.39 is 11.6 Å². The zero-order chi connectivity index (χ0) is 14.7. The zero-order valence-electron chi connectivity index (χ0n) is 10.3. The minimum absolute atomic E-state index is 0.0164. The first-order valence-corrected chi connectivity index (χ1v) is 6.47. The predicted molar refractivity (Wildman–Crippen MR) is 75.8 cm³/mol. The summed E-state index contributed by atoms with van der Waals surface area (Å²) < 4.78 is 33.1. The molecule has 0 aliphatic carbocycles. The van der Waals surface area contributed by atoms with E-state index >= 15 is 0 Å². The van der Waals surface area contributed by atoms with Crippen molar-refractivity contribution in [3.8, 4) is 5.75 Å². The monoisotopic (exact) mass is 340 g/mol. The Kier molecular flexibility index (Phi) is 4.34. The van der Waals surface area contributed by atoms with Crippen molar-refractivity contribution in [1.29, 1.82) is 5.41 Å². The Hall–Kier alpha value is -1.95. The standard InChI is InChI=1S/C14H11BrF2N2O/c15-10-3-1-9(11(16)6-10)7-20-13-4-2-8(14(18)19)5-12(13)17/h1-6H,7H2,(H3,18,19).